The molecule has 0 saturated carbocycles. The first kappa shape index (κ1) is 17.6. The standard InChI is InChI=1S/C18H13ClFN3O3/c19-15-3-1-2-4-16(15)23-17(24)9-21-26-11-14-10-25-18(22-14)12-5-7-13(20)8-6-12/h1-10H,11H2,(H,23,24). The van der Waals surface area contributed by atoms with Crippen LogP contribution in [0, 0.1) is 5.82 Å². The highest BCUT2D eigenvalue weighted by atomic mass is 35.5. The zero-order valence-electron chi connectivity index (χ0n) is 13.4. The molecule has 1 amide bonds. The lowest BCUT2D eigenvalue weighted by Gasteiger charge is -2.03. The van der Waals surface area contributed by atoms with Gasteiger partial charge in [0.25, 0.3) is 5.91 Å². The number of nitrogens with one attached hydrogen (secondary N) is 1. The Morgan fingerprint density at radius 1 is 1.27 bits per heavy atom. The third-order valence-corrected chi connectivity index (χ3v) is 3.56. The summed E-state index contributed by atoms with van der Waals surface area (Å²) < 4.78 is 18.2. The summed E-state index contributed by atoms with van der Waals surface area (Å²) in [7, 11) is 0. The van der Waals surface area contributed by atoms with E-state index >= 15 is 0 Å². The molecule has 2 aromatic carbocycles. The van der Waals surface area contributed by atoms with Crippen LogP contribution in [-0.4, -0.2) is 17.1 Å². The highest BCUT2D eigenvalue weighted by Gasteiger charge is 2.07. The third kappa shape index (κ3) is 4.67. The molecule has 0 saturated heterocycles. The van der Waals surface area contributed by atoms with Crippen molar-refractivity contribution in [3.05, 3.63) is 71.3 Å². The van der Waals surface area contributed by atoms with Gasteiger partial charge in [0.15, 0.2) is 6.61 Å². The Kier molecular flexibility index (Phi) is 5.60. The molecule has 26 heavy (non-hydrogen) atoms. The number of benzene rings is 2. The molecule has 0 radical (unpaired) electrons. The first-order valence-electron chi connectivity index (χ1n) is 7.53. The monoisotopic (exact) mass is 373 g/mol. The smallest absolute Gasteiger partial charge is 0.270 e. The number of para-hydroxylation sites is 1. The Morgan fingerprint density at radius 2 is 2.04 bits per heavy atom. The topological polar surface area (TPSA) is 76.7 Å². The van der Waals surface area contributed by atoms with Crippen LogP contribution in [0.5, 0.6) is 0 Å². The molecule has 0 aliphatic heterocycles. The second kappa shape index (κ2) is 8.26. The van der Waals surface area contributed by atoms with E-state index in [-0.39, 0.29) is 12.4 Å². The normalized spacial score (nSPS) is 10.8. The number of anilines is 1. The van der Waals surface area contributed by atoms with Crippen LogP contribution in [0.4, 0.5) is 10.1 Å². The number of oxazole rings is 1. The first-order valence-corrected chi connectivity index (χ1v) is 7.91. The minimum absolute atomic E-state index is 0.0145. The highest BCUT2D eigenvalue weighted by Crippen LogP contribution is 2.20. The number of carbonyl (C=O) groups excluding carboxylic acids is 1. The summed E-state index contributed by atoms with van der Waals surface area (Å²) >= 11 is 5.94. The van der Waals surface area contributed by atoms with E-state index in [0.29, 0.717) is 27.9 Å². The Labute approximate surface area is 153 Å². The largest absolute Gasteiger partial charge is 0.444 e. The summed E-state index contributed by atoms with van der Waals surface area (Å²) in [5.74, 6) is -0.484. The average Bonchev–Trinajstić information content (AvgIpc) is 3.10. The molecule has 0 bridgehead atoms. The van der Waals surface area contributed by atoms with Crippen molar-refractivity contribution < 1.29 is 18.4 Å². The van der Waals surface area contributed by atoms with E-state index in [9.17, 15) is 9.18 Å². The molecule has 1 heterocycles. The minimum atomic E-state index is -0.481. The summed E-state index contributed by atoms with van der Waals surface area (Å²) in [5, 5.41) is 6.57. The molecule has 3 aromatic rings. The molecule has 0 atom stereocenters. The summed E-state index contributed by atoms with van der Waals surface area (Å²) in [6, 6.07) is 12.6. The maximum Gasteiger partial charge on any atom is 0.270 e. The molecule has 0 unspecified atom stereocenters. The van der Waals surface area contributed by atoms with Gasteiger partial charge < -0.3 is 14.6 Å². The molecule has 0 aliphatic carbocycles. The number of oxime groups is 1. The molecule has 0 spiro atoms. The van der Waals surface area contributed by atoms with E-state index in [2.05, 4.69) is 15.5 Å². The molecular formula is C18H13ClFN3O3. The quantitative estimate of drug-likeness (QED) is 0.517. The van der Waals surface area contributed by atoms with Crippen LogP contribution in [-0.2, 0) is 16.2 Å². The number of hydrogen-bond donors (Lipinski definition) is 1. The molecule has 0 aliphatic rings. The van der Waals surface area contributed by atoms with Crippen LogP contribution in [0.25, 0.3) is 11.5 Å². The van der Waals surface area contributed by atoms with Crippen LogP contribution >= 0.6 is 11.6 Å². The lowest BCUT2D eigenvalue weighted by molar-refractivity contribution is -0.110. The molecule has 3 rings (SSSR count). The van der Waals surface area contributed by atoms with Gasteiger partial charge in [0.2, 0.25) is 5.89 Å². The summed E-state index contributed by atoms with van der Waals surface area (Å²) in [5.41, 5.74) is 1.60. The Hall–Kier alpha value is -3.19. The molecule has 1 aromatic heterocycles. The van der Waals surface area contributed by atoms with Gasteiger partial charge >= 0.3 is 0 Å². The fourth-order valence-corrected chi connectivity index (χ4v) is 2.20. The van der Waals surface area contributed by atoms with Crippen LogP contribution in [0.15, 0.2) is 64.4 Å². The second-order valence-electron chi connectivity index (χ2n) is 5.13. The fraction of sp³-hybridized carbons (Fsp3) is 0.0556. The van der Waals surface area contributed by atoms with Gasteiger partial charge in [-0.15, -0.1) is 0 Å². The zero-order valence-corrected chi connectivity index (χ0v) is 14.1. The predicted molar refractivity (Wildman–Crippen MR) is 95.3 cm³/mol. The summed E-state index contributed by atoms with van der Waals surface area (Å²) in [4.78, 5) is 20.9. The van der Waals surface area contributed by atoms with Crippen LogP contribution in [0.2, 0.25) is 5.02 Å². The van der Waals surface area contributed by atoms with Crippen molar-refractivity contribution >= 4 is 29.4 Å². The van der Waals surface area contributed by atoms with Gasteiger partial charge in [0, 0.05) is 5.56 Å². The van der Waals surface area contributed by atoms with Gasteiger partial charge in [-0.25, -0.2) is 9.37 Å². The number of nitrogens with zero attached hydrogens (tertiary/aromatic N) is 2. The van der Waals surface area contributed by atoms with E-state index < -0.39 is 5.91 Å². The maximum absolute atomic E-state index is 12.9. The Balaban J connectivity index is 1.50. The van der Waals surface area contributed by atoms with E-state index in [4.69, 9.17) is 20.9 Å². The number of rotatable bonds is 6. The number of amides is 1. The predicted octanol–water partition coefficient (Wildman–Crippen LogP) is 4.28. The van der Waals surface area contributed by atoms with Crippen LogP contribution < -0.4 is 5.32 Å². The third-order valence-electron chi connectivity index (χ3n) is 3.23. The highest BCUT2D eigenvalue weighted by molar-refractivity contribution is 6.36. The molecule has 132 valence electrons. The van der Waals surface area contributed by atoms with Crippen molar-refractivity contribution in [1.29, 1.82) is 0 Å². The molecule has 0 fully saturated rings. The van der Waals surface area contributed by atoms with E-state index in [1.165, 1.54) is 18.4 Å². The lowest BCUT2D eigenvalue weighted by Crippen LogP contribution is -2.13. The van der Waals surface area contributed by atoms with Crippen molar-refractivity contribution in [1.82, 2.24) is 4.98 Å². The van der Waals surface area contributed by atoms with Crippen molar-refractivity contribution in [3.8, 4) is 11.5 Å². The van der Waals surface area contributed by atoms with Gasteiger partial charge in [-0.3, -0.25) is 4.79 Å². The van der Waals surface area contributed by atoms with E-state index in [0.717, 1.165) is 6.21 Å². The van der Waals surface area contributed by atoms with Crippen molar-refractivity contribution in [2.75, 3.05) is 5.32 Å². The van der Waals surface area contributed by atoms with Crippen molar-refractivity contribution in [2.45, 2.75) is 6.61 Å². The first-order chi connectivity index (χ1) is 12.6. The van der Waals surface area contributed by atoms with Crippen LogP contribution in [0.3, 0.4) is 0 Å². The van der Waals surface area contributed by atoms with Gasteiger partial charge in [0.05, 0.1) is 10.7 Å². The number of aromatic nitrogens is 1. The van der Waals surface area contributed by atoms with Gasteiger partial charge in [-0.1, -0.05) is 28.9 Å². The van der Waals surface area contributed by atoms with Crippen molar-refractivity contribution in [2.24, 2.45) is 5.16 Å². The van der Waals surface area contributed by atoms with Gasteiger partial charge in [0.1, 0.15) is 24.0 Å². The molecule has 8 heteroatoms. The van der Waals surface area contributed by atoms with Crippen LogP contribution in [0.1, 0.15) is 5.69 Å². The lowest BCUT2D eigenvalue weighted by atomic mass is 10.2. The Morgan fingerprint density at radius 3 is 2.81 bits per heavy atom. The van der Waals surface area contributed by atoms with Gasteiger partial charge in [-0.05, 0) is 36.4 Å². The van der Waals surface area contributed by atoms with E-state index in [1.807, 2.05) is 0 Å². The zero-order chi connectivity index (χ0) is 18.4. The van der Waals surface area contributed by atoms with E-state index in [1.54, 1.807) is 36.4 Å². The molecule has 6 nitrogen and oxygen atoms in total. The maximum atomic E-state index is 12.9. The second-order valence-corrected chi connectivity index (χ2v) is 5.54. The number of hydrogen-bond acceptors (Lipinski definition) is 5. The molecular weight excluding hydrogens is 361 g/mol. The number of carbonyl (C=O) groups is 1. The van der Waals surface area contributed by atoms with Crippen molar-refractivity contribution in [3.63, 3.8) is 0 Å². The SMILES string of the molecule is O=C(C=NOCc1coc(-c2ccc(F)cc2)n1)Nc1ccccc1Cl. The minimum Gasteiger partial charge on any atom is -0.444 e. The average molecular weight is 374 g/mol. The Bertz CT molecular complexity index is 925. The summed E-state index contributed by atoms with van der Waals surface area (Å²) in [6.45, 7) is 0.0145. The fourth-order valence-electron chi connectivity index (χ4n) is 2.01. The van der Waals surface area contributed by atoms with Gasteiger partial charge in [-0.2, -0.15) is 0 Å². The summed E-state index contributed by atoms with van der Waals surface area (Å²) in [6.07, 6.45) is 2.39. The number of halogens is 2. The molecule has 1 N–H and O–H groups in total.